The molecule has 0 spiro atoms. The van der Waals surface area contributed by atoms with Crippen LogP contribution in [0.15, 0.2) is 152 Å². The van der Waals surface area contributed by atoms with Crippen LogP contribution in [0.2, 0.25) is 0 Å². The first-order chi connectivity index (χ1) is 33.9. The molecule has 14 rings (SSSR count). The van der Waals surface area contributed by atoms with Gasteiger partial charge in [0.05, 0.1) is 5.69 Å². The highest BCUT2D eigenvalue weighted by atomic mass is 15.2. The lowest BCUT2D eigenvalue weighted by Gasteiger charge is -2.51. The van der Waals surface area contributed by atoms with Gasteiger partial charge in [-0.25, -0.2) is 0 Å². The first kappa shape index (κ1) is 43.0. The van der Waals surface area contributed by atoms with Crippen molar-refractivity contribution >= 4 is 74.3 Å². The second-order valence-corrected chi connectivity index (χ2v) is 24.9. The zero-order chi connectivity index (χ0) is 48.9. The van der Waals surface area contributed by atoms with E-state index in [9.17, 15) is 0 Å². The van der Waals surface area contributed by atoms with Crippen LogP contribution in [-0.2, 0) is 27.1 Å². The smallest absolute Gasteiger partial charge is 0.252 e. The summed E-state index contributed by atoms with van der Waals surface area (Å²) in [5, 5.41) is 0. The Morgan fingerprint density at radius 3 is 1.68 bits per heavy atom. The Kier molecular flexibility index (Phi) is 8.49. The number of para-hydroxylation sites is 2. The summed E-state index contributed by atoms with van der Waals surface area (Å²) in [5.41, 5.74) is 31.0. The standard InChI is InChI=1S/C67H64BN3/c1-40-33-48-50(64(5,6)32-31-63(48,3)4)37-55(40)70-57-38-51-49(65(7,8)39-66(51,9)10)36-53(57)68-52-30-29-44(69(42-21-14-12-15-22-42)43-23-16-13-17-24-43)35-56(52)71-54-28-20-26-46-45-25-18-19-27-47(45)67(11,60(46)54)59-41(2)34-58(70)61(68)62(59)71/h12-30,33-38H,31-32,39H2,1-11H3. The molecule has 0 radical (unpaired) electrons. The Morgan fingerprint density at radius 2 is 0.986 bits per heavy atom. The van der Waals surface area contributed by atoms with E-state index in [-0.39, 0.29) is 33.8 Å². The quantitative estimate of drug-likeness (QED) is 0.163. The van der Waals surface area contributed by atoms with E-state index in [0.29, 0.717) is 0 Å². The minimum atomic E-state index is -0.361. The molecular formula is C67H64BN3. The summed E-state index contributed by atoms with van der Waals surface area (Å²) in [7, 11) is 0. The van der Waals surface area contributed by atoms with Gasteiger partial charge in [-0.1, -0.05) is 146 Å². The van der Waals surface area contributed by atoms with Gasteiger partial charge in [-0.2, -0.15) is 0 Å². The van der Waals surface area contributed by atoms with Crippen molar-refractivity contribution in [2.24, 2.45) is 0 Å². The van der Waals surface area contributed by atoms with Gasteiger partial charge < -0.3 is 14.7 Å². The van der Waals surface area contributed by atoms with E-state index in [0.717, 1.165) is 23.5 Å². The van der Waals surface area contributed by atoms with Crippen molar-refractivity contribution in [2.45, 2.75) is 122 Å². The number of benzene rings is 8. The Bertz CT molecular complexity index is 3600. The van der Waals surface area contributed by atoms with Gasteiger partial charge in [0, 0.05) is 50.9 Å². The molecule has 1 unspecified atom stereocenters. The predicted molar refractivity (Wildman–Crippen MR) is 302 cm³/mol. The topological polar surface area (TPSA) is 9.72 Å². The molecule has 3 aliphatic heterocycles. The van der Waals surface area contributed by atoms with Gasteiger partial charge in [0.2, 0.25) is 0 Å². The van der Waals surface area contributed by atoms with Crippen molar-refractivity contribution < 1.29 is 0 Å². The Balaban J connectivity index is 1.13. The van der Waals surface area contributed by atoms with Gasteiger partial charge in [0.15, 0.2) is 0 Å². The molecule has 71 heavy (non-hydrogen) atoms. The normalized spacial score (nSPS) is 20.0. The largest absolute Gasteiger partial charge is 0.311 e. The summed E-state index contributed by atoms with van der Waals surface area (Å²) >= 11 is 0. The van der Waals surface area contributed by atoms with Crippen molar-refractivity contribution in [3.63, 3.8) is 0 Å². The molecule has 3 nitrogen and oxygen atoms in total. The number of anilines is 9. The Morgan fingerprint density at radius 1 is 0.408 bits per heavy atom. The molecule has 4 heteroatoms. The maximum atomic E-state index is 2.75. The van der Waals surface area contributed by atoms with Crippen LogP contribution in [0.1, 0.15) is 132 Å². The molecule has 0 aromatic heterocycles. The zero-order valence-corrected chi connectivity index (χ0v) is 43.5. The van der Waals surface area contributed by atoms with E-state index in [1.54, 1.807) is 0 Å². The van der Waals surface area contributed by atoms with Crippen molar-refractivity contribution in [2.75, 3.05) is 14.7 Å². The van der Waals surface area contributed by atoms with E-state index >= 15 is 0 Å². The van der Waals surface area contributed by atoms with Crippen molar-refractivity contribution in [3.05, 3.63) is 202 Å². The highest BCUT2D eigenvalue weighted by Gasteiger charge is 2.55. The van der Waals surface area contributed by atoms with Gasteiger partial charge in [-0.05, 0) is 200 Å². The van der Waals surface area contributed by atoms with E-state index in [1.165, 1.54) is 125 Å². The fourth-order valence-corrected chi connectivity index (χ4v) is 15.5. The van der Waals surface area contributed by atoms with Crippen LogP contribution in [-0.4, -0.2) is 6.71 Å². The Labute approximate surface area is 422 Å². The summed E-state index contributed by atoms with van der Waals surface area (Å²) in [6.45, 7) is 27.2. The molecule has 0 fully saturated rings. The van der Waals surface area contributed by atoms with Crippen LogP contribution in [0, 0.1) is 13.8 Å². The molecule has 3 aliphatic carbocycles. The second kappa shape index (κ2) is 14.0. The second-order valence-electron chi connectivity index (χ2n) is 24.9. The summed E-state index contributed by atoms with van der Waals surface area (Å²) in [6, 6.07) is 58.8. The molecule has 8 aromatic rings. The first-order valence-corrected chi connectivity index (χ1v) is 26.3. The predicted octanol–water partition coefficient (Wildman–Crippen LogP) is 15.8. The number of hydrogen-bond donors (Lipinski definition) is 0. The van der Waals surface area contributed by atoms with Crippen LogP contribution < -0.4 is 31.1 Å². The average molecular weight is 922 g/mol. The third kappa shape index (κ3) is 5.57. The van der Waals surface area contributed by atoms with Gasteiger partial charge >= 0.3 is 0 Å². The molecule has 0 bridgehead atoms. The zero-order valence-electron chi connectivity index (χ0n) is 43.5. The molecule has 1 atom stereocenters. The number of hydrogen-bond acceptors (Lipinski definition) is 3. The van der Waals surface area contributed by atoms with Crippen LogP contribution in [0.4, 0.5) is 51.2 Å². The fraction of sp³-hybridized carbons (Fsp3) is 0.284. The lowest BCUT2D eigenvalue weighted by Crippen LogP contribution is -2.63. The van der Waals surface area contributed by atoms with Gasteiger partial charge in [-0.15, -0.1) is 0 Å². The van der Waals surface area contributed by atoms with Crippen LogP contribution in [0.5, 0.6) is 0 Å². The summed E-state index contributed by atoms with van der Waals surface area (Å²) in [5.74, 6) is 0. The maximum Gasteiger partial charge on any atom is 0.252 e. The minimum Gasteiger partial charge on any atom is -0.311 e. The third-order valence-corrected chi connectivity index (χ3v) is 18.6. The third-order valence-electron chi connectivity index (χ3n) is 18.6. The molecule has 3 heterocycles. The van der Waals surface area contributed by atoms with Crippen molar-refractivity contribution in [1.29, 1.82) is 0 Å². The Hall–Kier alpha value is -6.78. The van der Waals surface area contributed by atoms with Crippen molar-refractivity contribution in [3.8, 4) is 11.1 Å². The number of nitrogens with zero attached hydrogens (tertiary/aromatic N) is 3. The van der Waals surface area contributed by atoms with Crippen LogP contribution in [0.3, 0.4) is 0 Å². The SMILES string of the molecule is Cc1cc2c(cc1N1c3cc4c(cc3B3c5ccc(N(c6ccccc6)c6ccccc6)cc5N5c6cccc7c6C(C)(c6ccccc6-7)c6c(C)cc1c3c65)C(C)(C)CC4(C)C)C(C)(C)CCC2(C)C. The fourth-order valence-electron chi connectivity index (χ4n) is 15.5. The van der Waals surface area contributed by atoms with Gasteiger partial charge in [0.25, 0.3) is 6.71 Å². The lowest BCUT2D eigenvalue weighted by atomic mass is 9.32. The van der Waals surface area contributed by atoms with E-state index in [1.807, 2.05) is 0 Å². The van der Waals surface area contributed by atoms with E-state index < -0.39 is 0 Å². The number of aryl methyl sites for hydroxylation is 2. The van der Waals surface area contributed by atoms with E-state index in [4.69, 9.17) is 0 Å². The average Bonchev–Trinajstić information content (AvgIpc) is 3.72. The first-order valence-electron chi connectivity index (χ1n) is 26.3. The van der Waals surface area contributed by atoms with E-state index in [2.05, 4.69) is 243 Å². The monoisotopic (exact) mass is 922 g/mol. The molecule has 0 N–H and O–H groups in total. The highest BCUT2D eigenvalue weighted by Crippen LogP contribution is 2.65. The highest BCUT2D eigenvalue weighted by molar-refractivity contribution is 7.00. The van der Waals surface area contributed by atoms with Crippen molar-refractivity contribution in [1.82, 2.24) is 0 Å². The molecule has 350 valence electrons. The summed E-state index contributed by atoms with van der Waals surface area (Å²) in [6.07, 6.45) is 3.49. The van der Waals surface area contributed by atoms with Crippen LogP contribution >= 0.6 is 0 Å². The molecule has 8 aromatic carbocycles. The number of rotatable bonds is 4. The molecule has 0 saturated carbocycles. The van der Waals surface area contributed by atoms with Crippen LogP contribution in [0.25, 0.3) is 11.1 Å². The van der Waals surface area contributed by atoms with Gasteiger partial charge in [-0.3, -0.25) is 0 Å². The summed E-state index contributed by atoms with van der Waals surface area (Å²) in [4.78, 5) is 7.92. The lowest BCUT2D eigenvalue weighted by molar-refractivity contribution is 0.332. The molecule has 6 aliphatic rings. The number of fused-ring (bicyclic) bond motifs is 12. The maximum absolute atomic E-state index is 2.75. The molecule has 0 amide bonds. The minimum absolute atomic E-state index is 0.00380. The molecular weight excluding hydrogens is 858 g/mol. The van der Waals surface area contributed by atoms with Gasteiger partial charge in [0.1, 0.15) is 0 Å². The molecule has 0 saturated heterocycles. The summed E-state index contributed by atoms with van der Waals surface area (Å²) < 4.78 is 0.